The van der Waals surface area contributed by atoms with E-state index in [0.29, 0.717) is 18.8 Å². The van der Waals surface area contributed by atoms with Crippen molar-refractivity contribution >= 4 is 0 Å². The Morgan fingerprint density at radius 3 is 2.16 bits per heavy atom. The van der Waals surface area contributed by atoms with Gasteiger partial charge in [0.25, 0.3) is 0 Å². The van der Waals surface area contributed by atoms with Crippen molar-refractivity contribution in [3.05, 3.63) is 0 Å². The topological polar surface area (TPSA) is 44.7 Å². The zero-order chi connectivity index (χ0) is 14.1. The van der Waals surface area contributed by atoms with E-state index < -0.39 is 0 Å². The zero-order valence-electron chi connectivity index (χ0n) is 12.9. The van der Waals surface area contributed by atoms with Gasteiger partial charge < -0.3 is 20.1 Å². The standard InChI is InChI=1S/C9H19NO.C6H13NO/c1-10(2)8-4-6-9(11-3)7-5-8;8-5-6-3-1-2-4-7-6/h8-9H,4-7H2,1-3H3;6-8H,1-5H2. The lowest BCUT2D eigenvalue weighted by atomic mass is 9.92. The molecule has 2 rings (SSSR count). The van der Waals surface area contributed by atoms with E-state index in [0.717, 1.165) is 19.0 Å². The van der Waals surface area contributed by atoms with Crippen LogP contribution in [0.2, 0.25) is 0 Å². The fraction of sp³-hybridized carbons (Fsp3) is 1.00. The number of nitrogens with zero attached hydrogens (tertiary/aromatic N) is 1. The number of aliphatic hydroxyl groups excluding tert-OH is 1. The molecule has 1 unspecified atom stereocenters. The van der Waals surface area contributed by atoms with Crippen molar-refractivity contribution < 1.29 is 9.84 Å². The molecule has 0 aromatic heterocycles. The van der Waals surface area contributed by atoms with Crippen LogP contribution in [0.1, 0.15) is 44.9 Å². The summed E-state index contributed by atoms with van der Waals surface area (Å²) in [5, 5.41) is 11.8. The fourth-order valence-corrected chi connectivity index (χ4v) is 2.88. The van der Waals surface area contributed by atoms with E-state index in [9.17, 15) is 0 Å². The van der Waals surface area contributed by atoms with E-state index in [1.165, 1.54) is 38.5 Å². The number of piperidine rings is 1. The third-order valence-electron chi connectivity index (χ3n) is 4.34. The van der Waals surface area contributed by atoms with Gasteiger partial charge in [0.15, 0.2) is 0 Å². The molecule has 0 aromatic rings. The molecule has 2 fully saturated rings. The summed E-state index contributed by atoms with van der Waals surface area (Å²) in [4.78, 5) is 2.33. The maximum Gasteiger partial charge on any atom is 0.0584 e. The molecule has 1 heterocycles. The molecule has 1 aliphatic heterocycles. The predicted octanol–water partition coefficient (Wildman–Crippen LogP) is 1.63. The summed E-state index contributed by atoms with van der Waals surface area (Å²) in [7, 11) is 6.15. The highest BCUT2D eigenvalue weighted by Gasteiger charge is 2.21. The molecule has 1 aliphatic carbocycles. The average molecular weight is 272 g/mol. The van der Waals surface area contributed by atoms with Gasteiger partial charge in [-0.1, -0.05) is 6.42 Å². The van der Waals surface area contributed by atoms with Crippen LogP contribution in [-0.2, 0) is 4.74 Å². The zero-order valence-corrected chi connectivity index (χ0v) is 12.9. The minimum Gasteiger partial charge on any atom is -0.395 e. The van der Waals surface area contributed by atoms with Gasteiger partial charge in [-0.2, -0.15) is 0 Å². The van der Waals surface area contributed by atoms with Crippen molar-refractivity contribution in [1.82, 2.24) is 10.2 Å². The Kier molecular flexibility index (Phi) is 8.62. The van der Waals surface area contributed by atoms with Crippen LogP contribution in [0.25, 0.3) is 0 Å². The van der Waals surface area contributed by atoms with Crippen LogP contribution in [0, 0.1) is 0 Å². The van der Waals surface area contributed by atoms with E-state index >= 15 is 0 Å². The van der Waals surface area contributed by atoms with Crippen LogP contribution in [0.5, 0.6) is 0 Å². The van der Waals surface area contributed by atoms with E-state index in [-0.39, 0.29) is 0 Å². The van der Waals surface area contributed by atoms with Gasteiger partial charge in [-0.05, 0) is 59.2 Å². The molecule has 0 radical (unpaired) electrons. The smallest absolute Gasteiger partial charge is 0.0584 e. The van der Waals surface area contributed by atoms with E-state index in [1.807, 2.05) is 7.11 Å². The highest BCUT2D eigenvalue weighted by molar-refractivity contribution is 4.76. The number of aliphatic hydroxyl groups is 1. The second-order valence-corrected chi connectivity index (χ2v) is 5.96. The Hall–Kier alpha value is -0.160. The Labute approximate surface area is 118 Å². The van der Waals surface area contributed by atoms with E-state index in [2.05, 4.69) is 24.3 Å². The molecule has 0 amide bonds. The third kappa shape index (κ3) is 6.70. The molecular formula is C15H32N2O2. The summed E-state index contributed by atoms with van der Waals surface area (Å²) < 4.78 is 5.30. The largest absolute Gasteiger partial charge is 0.395 e. The van der Waals surface area contributed by atoms with Gasteiger partial charge in [0.2, 0.25) is 0 Å². The Balaban J connectivity index is 0.000000200. The molecule has 19 heavy (non-hydrogen) atoms. The monoisotopic (exact) mass is 272 g/mol. The molecule has 1 saturated heterocycles. The average Bonchev–Trinajstić information content (AvgIpc) is 2.48. The van der Waals surface area contributed by atoms with Gasteiger partial charge >= 0.3 is 0 Å². The first-order valence-corrected chi connectivity index (χ1v) is 7.70. The summed E-state index contributed by atoms with van der Waals surface area (Å²) in [6.45, 7) is 1.39. The van der Waals surface area contributed by atoms with Gasteiger partial charge in [0.1, 0.15) is 0 Å². The van der Waals surface area contributed by atoms with Crippen molar-refractivity contribution in [2.45, 2.75) is 63.1 Å². The molecule has 1 saturated carbocycles. The predicted molar refractivity (Wildman–Crippen MR) is 79.5 cm³/mol. The van der Waals surface area contributed by atoms with Crippen LogP contribution in [-0.4, -0.2) is 62.6 Å². The second-order valence-electron chi connectivity index (χ2n) is 5.96. The normalized spacial score (nSPS) is 31.7. The number of hydrogen-bond acceptors (Lipinski definition) is 4. The Morgan fingerprint density at radius 2 is 1.79 bits per heavy atom. The van der Waals surface area contributed by atoms with Crippen molar-refractivity contribution in [2.75, 3.05) is 34.4 Å². The molecule has 1 atom stereocenters. The maximum atomic E-state index is 8.63. The molecule has 0 bridgehead atoms. The van der Waals surface area contributed by atoms with Gasteiger partial charge in [-0.25, -0.2) is 0 Å². The Bertz CT molecular complexity index is 210. The van der Waals surface area contributed by atoms with Crippen LogP contribution < -0.4 is 5.32 Å². The first kappa shape index (κ1) is 16.9. The molecular weight excluding hydrogens is 240 g/mol. The summed E-state index contributed by atoms with van der Waals surface area (Å²) in [5.74, 6) is 0. The van der Waals surface area contributed by atoms with E-state index in [4.69, 9.17) is 9.84 Å². The summed E-state index contributed by atoms with van der Waals surface area (Å²) in [6.07, 6.45) is 9.30. The quantitative estimate of drug-likeness (QED) is 0.819. The maximum absolute atomic E-state index is 8.63. The third-order valence-corrected chi connectivity index (χ3v) is 4.34. The SMILES string of the molecule is COC1CCC(N(C)C)CC1.OCC1CCCCN1. The van der Waals surface area contributed by atoms with Crippen LogP contribution in [0.15, 0.2) is 0 Å². The molecule has 2 N–H and O–H groups in total. The highest BCUT2D eigenvalue weighted by atomic mass is 16.5. The van der Waals surface area contributed by atoms with Gasteiger partial charge in [0.05, 0.1) is 12.7 Å². The minimum atomic E-state index is 0.306. The number of rotatable bonds is 3. The number of ether oxygens (including phenoxy) is 1. The summed E-state index contributed by atoms with van der Waals surface area (Å²) in [6, 6.07) is 1.19. The van der Waals surface area contributed by atoms with E-state index in [1.54, 1.807) is 0 Å². The fourth-order valence-electron chi connectivity index (χ4n) is 2.88. The lowest BCUT2D eigenvalue weighted by Gasteiger charge is -2.31. The highest BCUT2D eigenvalue weighted by Crippen LogP contribution is 2.22. The lowest BCUT2D eigenvalue weighted by Crippen LogP contribution is -2.36. The number of nitrogens with one attached hydrogen (secondary N) is 1. The van der Waals surface area contributed by atoms with Gasteiger partial charge in [-0.15, -0.1) is 0 Å². The molecule has 0 aromatic carbocycles. The summed E-state index contributed by atoms with van der Waals surface area (Å²) in [5.41, 5.74) is 0. The van der Waals surface area contributed by atoms with Crippen LogP contribution >= 0.6 is 0 Å². The molecule has 4 nitrogen and oxygen atoms in total. The van der Waals surface area contributed by atoms with Crippen LogP contribution in [0.3, 0.4) is 0 Å². The molecule has 0 spiro atoms. The van der Waals surface area contributed by atoms with Crippen molar-refractivity contribution in [3.8, 4) is 0 Å². The van der Waals surface area contributed by atoms with Crippen molar-refractivity contribution in [3.63, 3.8) is 0 Å². The molecule has 2 aliphatic rings. The van der Waals surface area contributed by atoms with Crippen LogP contribution in [0.4, 0.5) is 0 Å². The van der Waals surface area contributed by atoms with Crippen molar-refractivity contribution in [1.29, 1.82) is 0 Å². The molecule has 4 heteroatoms. The first-order chi connectivity index (χ1) is 9.17. The minimum absolute atomic E-state index is 0.306. The lowest BCUT2D eigenvalue weighted by molar-refractivity contribution is 0.0486. The second kappa shape index (κ2) is 9.70. The van der Waals surface area contributed by atoms with Gasteiger partial charge in [-0.3, -0.25) is 0 Å². The van der Waals surface area contributed by atoms with Crippen molar-refractivity contribution in [2.24, 2.45) is 0 Å². The Morgan fingerprint density at radius 1 is 1.11 bits per heavy atom. The molecule has 114 valence electrons. The number of hydrogen-bond donors (Lipinski definition) is 2. The number of methoxy groups -OCH3 is 1. The van der Waals surface area contributed by atoms with Gasteiger partial charge in [0, 0.05) is 19.2 Å². The first-order valence-electron chi connectivity index (χ1n) is 7.70. The summed E-state index contributed by atoms with van der Waals surface area (Å²) >= 11 is 0.